The van der Waals surface area contributed by atoms with Gasteiger partial charge in [0.2, 0.25) is 5.91 Å². The van der Waals surface area contributed by atoms with Crippen molar-refractivity contribution in [3.05, 3.63) is 30.1 Å². The molecule has 0 aliphatic heterocycles. The van der Waals surface area contributed by atoms with E-state index >= 15 is 0 Å². The van der Waals surface area contributed by atoms with E-state index < -0.39 is 5.60 Å². The molecule has 0 spiro atoms. The number of nitrogens with zero attached hydrogens (tertiary/aromatic N) is 1. The molecule has 2 N–H and O–H groups in total. The second-order valence-electron chi connectivity index (χ2n) is 11.4. The molecule has 1 aromatic rings. The summed E-state index contributed by atoms with van der Waals surface area (Å²) >= 11 is 0. The molecule has 8 atom stereocenters. The fraction of sp³-hybridized carbons (Fsp3) is 0.769. The van der Waals surface area contributed by atoms with Crippen LogP contribution in [0.2, 0.25) is 0 Å². The first-order valence-electron chi connectivity index (χ1n) is 12.3. The van der Waals surface area contributed by atoms with Crippen LogP contribution in [0.4, 0.5) is 0 Å². The van der Waals surface area contributed by atoms with E-state index in [0.717, 1.165) is 48.6 Å². The van der Waals surface area contributed by atoms with E-state index in [1.165, 1.54) is 38.5 Å². The summed E-state index contributed by atoms with van der Waals surface area (Å²) in [7, 11) is 0. The molecule has 0 saturated heterocycles. The molecule has 1 heterocycles. The van der Waals surface area contributed by atoms with Gasteiger partial charge in [0.05, 0.1) is 17.8 Å². The second-order valence-corrected chi connectivity index (χ2v) is 11.4. The summed E-state index contributed by atoms with van der Waals surface area (Å²) in [5, 5.41) is 13.8. The van der Waals surface area contributed by atoms with Gasteiger partial charge in [-0.15, -0.1) is 0 Å². The van der Waals surface area contributed by atoms with Crippen LogP contribution < -0.4 is 5.32 Å². The number of hydrogen-bond acceptors (Lipinski definition) is 3. The zero-order valence-electron chi connectivity index (χ0n) is 18.6. The summed E-state index contributed by atoms with van der Waals surface area (Å²) in [6.07, 6.45) is 12.3. The summed E-state index contributed by atoms with van der Waals surface area (Å²) in [6, 6.07) is 5.86. The molecule has 4 fully saturated rings. The molecule has 30 heavy (non-hydrogen) atoms. The highest BCUT2D eigenvalue weighted by atomic mass is 16.3. The van der Waals surface area contributed by atoms with Crippen LogP contribution >= 0.6 is 0 Å². The summed E-state index contributed by atoms with van der Waals surface area (Å²) in [5.74, 6) is 4.24. The van der Waals surface area contributed by atoms with Crippen molar-refractivity contribution >= 4 is 5.91 Å². The number of aromatic nitrogens is 1. The van der Waals surface area contributed by atoms with E-state index in [9.17, 15) is 9.90 Å². The van der Waals surface area contributed by atoms with Crippen LogP contribution in [0.5, 0.6) is 0 Å². The first-order chi connectivity index (χ1) is 14.4. The quantitative estimate of drug-likeness (QED) is 0.758. The first-order valence-corrected chi connectivity index (χ1v) is 12.3. The van der Waals surface area contributed by atoms with Gasteiger partial charge in [0, 0.05) is 12.1 Å². The van der Waals surface area contributed by atoms with Crippen molar-refractivity contribution in [1.82, 2.24) is 10.3 Å². The third-order valence-corrected chi connectivity index (χ3v) is 9.72. The van der Waals surface area contributed by atoms with Crippen LogP contribution in [-0.4, -0.2) is 21.6 Å². The van der Waals surface area contributed by atoms with Gasteiger partial charge in [0.1, 0.15) is 0 Å². The Hall–Kier alpha value is -1.42. The molecule has 1 aromatic heterocycles. The molecule has 5 rings (SSSR count). The Kier molecular flexibility index (Phi) is 5.20. The largest absolute Gasteiger partial charge is 0.390 e. The highest BCUT2D eigenvalue weighted by Crippen LogP contribution is 2.64. The SMILES string of the molecule is C[C@@]1(O)CC[C@H]2[C@H](CC[C@@H]3[C@@H]2CC[C@]2(C)[C@@H](C(=O)NCc4ccccn4)CC[C@@H]32)C1. The second kappa shape index (κ2) is 7.62. The molecule has 1 amide bonds. The number of rotatable bonds is 3. The van der Waals surface area contributed by atoms with E-state index in [1.54, 1.807) is 6.20 Å². The first kappa shape index (κ1) is 20.5. The maximum absolute atomic E-state index is 13.2. The molecule has 0 bridgehead atoms. The lowest BCUT2D eigenvalue weighted by Gasteiger charge is -2.56. The molecule has 4 heteroatoms. The number of carbonyl (C=O) groups excluding carboxylic acids is 1. The number of nitrogens with one attached hydrogen (secondary N) is 1. The van der Waals surface area contributed by atoms with Gasteiger partial charge in [-0.2, -0.15) is 0 Å². The van der Waals surface area contributed by atoms with Crippen LogP contribution in [0, 0.1) is 40.9 Å². The van der Waals surface area contributed by atoms with Gasteiger partial charge in [-0.1, -0.05) is 13.0 Å². The number of carbonyl (C=O) groups is 1. The summed E-state index contributed by atoms with van der Waals surface area (Å²) in [6.45, 7) is 4.99. The summed E-state index contributed by atoms with van der Waals surface area (Å²) in [5.41, 5.74) is 0.643. The van der Waals surface area contributed by atoms with Crippen molar-refractivity contribution < 1.29 is 9.90 Å². The molecular formula is C26H38N2O2. The lowest BCUT2D eigenvalue weighted by atomic mass is 9.49. The van der Waals surface area contributed by atoms with Crippen LogP contribution in [0.15, 0.2) is 24.4 Å². The number of pyridine rings is 1. The maximum atomic E-state index is 13.2. The minimum atomic E-state index is -0.443. The average Bonchev–Trinajstić information content (AvgIpc) is 3.09. The average molecular weight is 411 g/mol. The highest BCUT2D eigenvalue weighted by Gasteiger charge is 2.58. The lowest BCUT2D eigenvalue weighted by Crippen LogP contribution is -2.51. The van der Waals surface area contributed by atoms with Gasteiger partial charge in [0.15, 0.2) is 0 Å². The van der Waals surface area contributed by atoms with Crippen molar-refractivity contribution in [2.45, 2.75) is 83.8 Å². The number of hydrogen-bond donors (Lipinski definition) is 2. The van der Waals surface area contributed by atoms with Crippen molar-refractivity contribution in [2.24, 2.45) is 40.9 Å². The number of aliphatic hydroxyl groups is 1. The predicted molar refractivity (Wildman–Crippen MR) is 117 cm³/mol. The standard InChI is InChI=1S/C26H38N2O2/c1-25(30)12-10-19-17(15-25)6-7-21-20(19)11-13-26(2)22(21)8-9-23(26)24(29)28-16-18-5-3-4-14-27-18/h3-5,14,17,19-23,30H,6-13,15-16H2,1-2H3,(H,28,29)/t17-,19+,20-,21-,22+,23-,25-,26+/m1/s1. The highest BCUT2D eigenvalue weighted by molar-refractivity contribution is 5.80. The van der Waals surface area contributed by atoms with Gasteiger partial charge >= 0.3 is 0 Å². The Bertz CT molecular complexity index is 778. The van der Waals surface area contributed by atoms with E-state index in [0.29, 0.717) is 12.5 Å². The Labute approximate surface area is 181 Å². The Morgan fingerprint density at radius 1 is 1.07 bits per heavy atom. The van der Waals surface area contributed by atoms with Gasteiger partial charge in [-0.25, -0.2) is 0 Å². The van der Waals surface area contributed by atoms with Crippen molar-refractivity contribution in [1.29, 1.82) is 0 Å². The van der Waals surface area contributed by atoms with Gasteiger partial charge in [-0.3, -0.25) is 9.78 Å². The lowest BCUT2D eigenvalue weighted by molar-refractivity contribution is -0.134. The molecule has 164 valence electrons. The minimum absolute atomic E-state index is 0.150. The number of amides is 1. The maximum Gasteiger partial charge on any atom is 0.223 e. The molecule has 4 nitrogen and oxygen atoms in total. The number of fused-ring (bicyclic) bond motifs is 5. The molecule has 4 aliphatic rings. The van der Waals surface area contributed by atoms with E-state index in [1.807, 2.05) is 25.1 Å². The predicted octanol–water partition coefficient (Wildman–Crippen LogP) is 4.72. The summed E-state index contributed by atoms with van der Waals surface area (Å²) in [4.78, 5) is 17.5. The zero-order chi connectivity index (χ0) is 20.9. The molecule has 0 radical (unpaired) electrons. The van der Waals surface area contributed by atoms with Crippen LogP contribution in [-0.2, 0) is 11.3 Å². The van der Waals surface area contributed by atoms with Crippen LogP contribution in [0.1, 0.15) is 77.3 Å². The monoisotopic (exact) mass is 410 g/mol. The van der Waals surface area contributed by atoms with Crippen molar-refractivity contribution in [3.8, 4) is 0 Å². The minimum Gasteiger partial charge on any atom is -0.390 e. The molecular weight excluding hydrogens is 372 g/mol. The van der Waals surface area contributed by atoms with E-state index in [2.05, 4.69) is 17.2 Å². The third kappa shape index (κ3) is 3.49. The van der Waals surface area contributed by atoms with Gasteiger partial charge in [0.25, 0.3) is 0 Å². The molecule has 4 saturated carbocycles. The Morgan fingerprint density at radius 3 is 2.70 bits per heavy atom. The van der Waals surface area contributed by atoms with Crippen LogP contribution in [0.25, 0.3) is 0 Å². The Morgan fingerprint density at radius 2 is 1.90 bits per heavy atom. The van der Waals surface area contributed by atoms with E-state index in [-0.39, 0.29) is 17.2 Å². The molecule has 0 aromatic carbocycles. The molecule has 0 unspecified atom stereocenters. The molecule has 4 aliphatic carbocycles. The zero-order valence-corrected chi connectivity index (χ0v) is 18.6. The third-order valence-electron chi connectivity index (χ3n) is 9.72. The summed E-state index contributed by atoms with van der Waals surface area (Å²) < 4.78 is 0. The smallest absolute Gasteiger partial charge is 0.223 e. The van der Waals surface area contributed by atoms with Gasteiger partial charge in [-0.05, 0) is 112 Å². The normalized spacial score (nSPS) is 45.2. The topological polar surface area (TPSA) is 62.2 Å². The van der Waals surface area contributed by atoms with E-state index in [4.69, 9.17) is 0 Å². The van der Waals surface area contributed by atoms with Crippen molar-refractivity contribution in [2.75, 3.05) is 0 Å². The van der Waals surface area contributed by atoms with Gasteiger partial charge < -0.3 is 10.4 Å². The van der Waals surface area contributed by atoms with Crippen molar-refractivity contribution in [3.63, 3.8) is 0 Å². The fourth-order valence-corrected chi connectivity index (χ4v) is 8.32. The van der Waals surface area contributed by atoms with Crippen LogP contribution in [0.3, 0.4) is 0 Å². The fourth-order valence-electron chi connectivity index (χ4n) is 8.32. The Balaban J connectivity index is 1.27.